The molecule has 0 unspecified atom stereocenters. The number of amides is 1. The zero-order valence-corrected chi connectivity index (χ0v) is 19.2. The van der Waals surface area contributed by atoms with Crippen LogP contribution in [0.4, 0.5) is 4.79 Å². The second-order valence-electron chi connectivity index (χ2n) is 9.44. The lowest BCUT2D eigenvalue weighted by Crippen LogP contribution is -2.40. The van der Waals surface area contributed by atoms with Crippen LogP contribution in [0.3, 0.4) is 0 Å². The van der Waals surface area contributed by atoms with Gasteiger partial charge >= 0.3 is 6.09 Å². The molecule has 0 aliphatic carbocycles. The molecular formula is C25H30N4O2. The largest absolute Gasteiger partial charge is 0.444 e. The maximum Gasteiger partial charge on any atom is 0.410 e. The van der Waals surface area contributed by atoms with Gasteiger partial charge in [-0.2, -0.15) is 0 Å². The van der Waals surface area contributed by atoms with Crippen LogP contribution < -0.4 is 0 Å². The Balaban J connectivity index is 1.78. The van der Waals surface area contributed by atoms with Crippen molar-refractivity contribution >= 4 is 22.7 Å². The third-order valence-corrected chi connectivity index (χ3v) is 5.38. The molecule has 0 atom stereocenters. The van der Waals surface area contributed by atoms with Gasteiger partial charge in [0.2, 0.25) is 0 Å². The lowest BCUT2D eigenvalue weighted by molar-refractivity contribution is 0.0221. The molecule has 1 amide bonds. The molecule has 6 nitrogen and oxygen atoms in total. The number of pyridine rings is 2. The molecule has 0 spiro atoms. The number of nitrogens with one attached hydrogen (secondary N) is 1. The van der Waals surface area contributed by atoms with Crippen molar-refractivity contribution < 1.29 is 9.53 Å². The number of allylic oxidation sites excluding steroid dienone is 1. The highest BCUT2D eigenvalue weighted by Gasteiger charge is 2.27. The Morgan fingerprint density at radius 3 is 2.45 bits per heavy atom. The van der Waals surface area contributed by atoms with E-state index in [4.69, 9.17) is 9.72 Å². The molecule has 1 N–H and O–H groups in total. The number of nitrogens with zero attached hydrogens (tertiary/aromatic N) is 3. The molecule has 6 heteroatoms. The van der Waals surface area contributed by atoms with Crippen LogP contribution >= 0.6 is 0 Å². The van der Waals surface area contributed by atoms with Gasteiger partial charge in [-0.05, 0) is 77.3 Å². The summed E-state index contributed by atoms with van der Waals surface area (Å²) < 4.78 is 5.56. The molecule has 0 bridgehead atoms. The van der Waals surface area contributed by atoms with Gasteiger partial charge in [-0.25, -0.2) is 9.78 Å². The summed E-state index contributed by atoms with van der Waals surface area (Å²) >= 11 is 0. The molecule has 3 aromatic heterocycles. The van der Waals surface area contributed by atoms with Gasteiger partial charge in [0.1, 0.15) is 5.60 Å². The number of hydrogen-bond donors (Lipinski definition) is 1. The van der Waals surface area contributed by atoms with Crippen molar-refractivity contribution in [3.63, 3.8) is 0 Å². The number of carbonyl (C=O) groups is 1. The van der Waals surface area contributed by atoms with E-state index in [2.05, 4.69) is 34.7 Å². The molecule has 1 aliphatic heterocycles. The highest BCUT2D eigenvalue weighted by molar-refractivity contribution is 5.97. The highest BCUT2D eigenvalue weighted by atomic mass is 16.6. The van der Waals surface area contributed by atoms with Crippen molar-refractivity contribution in [2.75, 3.05) is 6.54 Å². The summed E-state index contributed by atoms with van der Waals surface area (Å²) in [6, 6.07) is 6.32. The van der Waals surface area contributed by atoms with Gasteiger partial charge in [0, 0.05) is 29.1 Å². The first kappa shape index (κ1) is 21.1. The Morgan fingerprint density at radius 1 is 1.16 bits per heavy atom. The summed E-state index contributed by atoms with van der Waals surface area (Å²) in [7, 11) is 0. The van der Waals surface area contributed by atoms with E-state index in [0.717, 1.165) is 62.5 Å². The van der Waals surface area contributed by atoms with Crippen LogP contribution in [-0.2, 0) is 17.7 Å². The first-order valence-corrected chi connectivity index (χ1v) is 10.7. The molecule has 31 heavy (non-hydrogen) atoms. The summed E-state index contributed by atoms with van der Waals surface area (Å²) in [6.07, 6.45) is 0.458. The SMILES string of the molecule is C=C(C)c1c(-c2cc(C)nc(C)c2)[nH]c2cc3c(nc12)CN(C(=O)OC(C)(C)C)CC3. The molecule has 162 valence electrons. The van der Waals surface area contributed by atoms with E-state index in [1.54, 1.807) is 4.90 Å². The van der Waals surface area contributed by atoms with Gasteiger partial charge in [0.15, 0.2) is 0 Å². The molecule has 1 aliphatic rings. The number of H-pyrrole nitrogens is 1. The standard InChI is InChI=1S/C25H30N4O2/c1-14(2)21-22(18-10-15(3)26-16(4)11-18)27-19-12-17-8-9-29(13-20(17)28-23(19)21)24(30)31-25(5,6)7/h10-12,27H,1,8-9,13H2,2-7H3. The number of aromatic nitrogens is 3. The second-order valence-corrected chi connectivity index (χ2v) is 9.44. The van der Waals surface area contributed by atoms with E-state index < -0.39 is 5.60 Å². The first-order valence-electron chi connectivity index (χ1n) is 10.7. The number of hydrogen-bond acceptors (Lipinski definition) is 4. The Bertz CT molecular complexity index is 1180. The highest BCUT2D eigenvalue weighted by Crippen LogP contribution is 2.36. The third-order valence-electron chi connectivity index (χ3n) is 5.38. The Morgan fingerprint density at radius 2 is 1.84 bits per heavy atom. The number of carbonyl (C=O) groups excluding carboxylic acids is 1. The quantitative estimate of drug-likeness (QED) is 0.591. The smallest absolute Gasteiger partial charge is 0.410 e. The van der Waals surface area contributed by atoms with E-state index in [0.29, 0.717) is 13.1 Å². The molecule has 0 saturated heterocycles. The fourth-order valence-corrected chi connectivity index (χ4v) is 4.16. The molecule has 4 heterocycles. The van der Waals surface area contributed by atoms with Crippen molar-refractivity contribution in [1.29, 1.82) is 0 Å². The Labute approximate surface area is 183 Å². The maximum absolute atomic E-state index is 12.6. The molecule has 0 fully saturated rings. The predicted molar refractivity (Wildman–Crippen MR) is 124 cm³/mol. The lowest BCUT2D eigenvalue weighted by atomic mass is 10.0. The Kier molecular flexibility index (Phi) is 5.12. The van der Waals surface area contributed by atoms with Gasteiger partial charge in [-0.3, -0.25) is 4.98 Å². The average molecular weight is 419 g/mol. The van der Waals surface area contributed by atoms with Crippen LogP contribution in [0, 0.1) is 13.8 Å². The molecular weight excluding hydrogens is 388 g/mol. The molecule has 0 radical (unpaired) electrons. The van der Waals surface area contributed by atoms with E-state index in [-0.39, 0.29) is 6.09 Å². The zero-order chi connectivity index (χ0) is 22.5. The number of rotatable bonds is 2. The van der Waals surface area contributed by atoms with Crippen LogP contribution in [-0.4, -0.2) is 38.1 Å². The minimum absolute atomic E-state index is 0.294. The van der Waals surface area contributed by atoms with Crippen LogP contribution in [0.1, 0.15) is 55.9 Å². The predicted octanol–water partition coefficient (Wildman–Crippen LogP) is 5.57. The summed E-state index contributed by atoms with van der Waals surface area (Å²) in [5, 5.41) is 0. The number of aromatic amines is 1. The van der Waals surface area contributed by atoms with Crippen molar-refractivity contribution in [3.8, 4) is 11.3 Å². The minimum atomic E-state index is -0.516. The fraction of sp³-hybridized carbons (Fsp3) is 0.400. The van der Waals surface area contributed by atoms with Gasteiger partial charge in [-0.1, -0.05) is 6.58 Å². The van der Waals surface area contributed by atoms with Crippen LogP contribution in [0.2, 0.25) is 0 Å². The summed E-state index contributed by atoms with van der Waals surface area (Å²) in [4.78, 5) is 27.4. The monoisotopic (exact) mass is 418 g/mol. The van der Waals surface area contributed by atoms with Gasteiger partial charge in [0.25, 0.3) is 0 Å². The molecule has 0 aromatic carbocycles. The lowest BCUT2D eigenvalue weighted by Gasteiger charge is -2.30. The van der Waals surface area contributed by atoms with Crippen molar-refractivity contribution in [2.24, 2.45) is 0 Å². The van der Waals surface area contributed by atoms with Crippen molar-refractivity contribution in [2.45, 2.75) is 60.1 Å². The third kappa shape index (κ3) is 4.20. The van der Waals surface area contributed by atoms with Crippen LogP contribution in [0.25, 0.3) is 27.9 Å². The van der Waals surface area contributed by atoms with Crippen LogP contribution in [0.15, 0.2) is 24.8 Å². The molecule has 3 aromatic rings. The molecule has 0 saturated carbocycles. The second kappa shape index (κ2) is 7.52. The van der Waals surface area contributed by atoms with Crippen LogP contribution in [0.5, 0.6) is 0 Å². The summed E-state index contributed by atoms with van der Waals surface area (Å²) in [5.74, 6) is 0. The Hall–Kier alpha value is -3.15. The van der Waals surface area contributed by atoms with E-state index in [1.807, 2.05) is 41.5 Å². The average Bonchev–Trinajstić information content (AvgIpc) is 3.02. The first-order chi connectivity index (χ1) is 14.5. The zero-order valence-electron chi connectivity index (χ0n) is 19.2. The maximum atomic E-state index is 12.6. The van der Waals surface area contributed by atoms with Crippen molar-refractivity contribution in [3.05, 3.63) is 53.0 Å². The van der Waals surface area contributed by atoms with E-state index >= 15 is 0 Å². The summed E-state index contributed by atoms with van der Waals surface area (Å²) in [6.45, 7) is 16.9. The fourth-order valence-electron chi connectivity index (χ4n) is 4.16. The number of fused-ring (bicyclic) bond motifs is 2. The normalized spacial score (nSPS) is 13.9. The number of ether oxygens (including phenoxy) is 1. The van der Waals surface area contributed by atoms with E-state index in [1.165, 1.54) is 0 Å². The summed E-state index contributed by atoms with van der Waals surface area (Å²) in [5.41, 5.74) is 9.43. The minimum Gasteiger partial charge on any atom is -0.444 e. The van der Waals surface area contributed by atoms with Gasteiger partial charge in [0.05, 0.1) is 29.0 Å². The van der Waals surface area contributed by atoms with E-state index in [9.17, 15) is 4.79 Å². The molecule has 4 rings (SSSR count). The number of aryl methyl sites for hydroxylation is 2. The van der Waals surface area contributed by atoms with Gasteiger partial charge in [-0.15, -0.1) is 0 Å². The van der Waals surface area contributed by atoms with Crippen molar-refractivity contribution in [1.82, 2.24) is 19.9 Å². The topological polar surface area (TPSA) is 71.1 Å². The van der Waals surface area contributed by atoms with Gasteiger partial charge < -0.3 is 14.6 Å².